The Morgan fingerprint density at radius 2 is 1.26 bits per heavy atom. The minimum Gasteiger partial charge on any atom is -0.466 e. The van der Waals surface area contributed by atoms with E-state index in [0.29, 0.717) is 56.6 Å². The van der Waals surface area contributed by atoms with Gasteiger partial charge in [0.1, 0.15) is 6.61 Å². The van der Waals surface area contributed by atoms with Gasteiger partial charge >= 0.3 is 18.0 Å². The molecule has 0 unspecified atom stereocenters. The summed E-state index contributed by atoms with van der Waals surface area (Å²) in [5.74, 6) is 0.769. The quantitative estimate of drug-likeness (QED) is 0.207. The van der Waals surface area contributed by atoms with Gasteiger partial charge in [-0.15, -0.1) is 0 Å². The lowest BCUT2D eigenvalue weighted by molar-refractivity contribution is -0.145. The Balaban J connectivity index is 0.000000330. The van der Waals surface area contributed by atoms with E-state index >= 15 is 0 Å². The summed E-state index contributed by atoms with van der Waals surface area (Å²) in [7, 11) is 0. The maximum atomic E-state index is 12.6. The summed E-state index contributed by atoms with van der Waals surface area (Å²) in [6.07, 6.45) is 9.25. The number of esters is 2. The molecular weight excluding hydrogens is 532 g/mol. The predicted molar refractivity (Wildman–Crippen MR) is 166 cm³/mol. The number of nitrogens with zero attached hydrogens (tertiary/aromatic N) is 1. The van der Waals surface area contributed by atoms with Gasteiger partial charge in [0.05, 0.1) is 13.2 Å². The van der Waals surface area contributed by atoms with Crippen molar-refractivity contribution in [3.63, 3.8) is 0 Å². The first kappa shape index (κ1) is 35.6. The molecule has 8 nitrogen and oxygen atoms in total. The highest BCUT2D eigenvalue weighted by Gasteiger charge is 2.32. The molecule has 2 aliphatic carbocycles. The number of ether oxygens (including phenoxy) is 3. The van der Waals surface area contributed by atoms with E-state index < -0.39 is 0 Å². The molecule has 1 aromatic carbocycles. The van der Waals surface area contributed by atoms with Crippen molar-refractivity contribution in [2.45, 2.75) is 137 Å². The van der Waals surface area contributed by atoms with Crippen LogP contribution in [0, 0.1) is 11.8 Å². The van der Waals surface area contributed by atoms with Crippen molar-refractivity contribution in [1.29, 1.82) is 0 Å². The molecule has 0 aromatic heterocycles. The van der Waals surface area contributed by atoms with E-state index in [0.717, 1.165) is 44.1 Å². The second-order valence-electron chi connectivity index (χ2n) is 12.3. The van der Waals surface area contributed by atoms with Gasteiger partial charge in [-0.2, -0.15) is 0 Å². The summed E-state index contributed by atoms with van der Waals surface area (Å²) in [5.41, 5.74) is 0.989. The first-order chi connectivity index (χ1) is 20.1. The molecule has 1 N–H and O–H groups in total. The average molecular weight is 589 g/mol. The van der Waals surface area contributed by atoms with Crippen molar-refractivity contribution < 1.29 is 28.6 Å². The van der Waals surface area contributed by atoms with Gasteiger partial charge in [0, 0.05) is 37.0 Å². The third kappa shape index (κ3) is 13.6. The maximum Gasteiger partial charge on any atom is 0.410 e. The van der Waals surface area contributed by atoms with Crippen LogP contribution in [-0.2, 0) is 30.4 Å². The molecule has 0 saturated heterocycles. The molecule has 238 valence electrons. The van der Waals surface area contributed by atoms with E-state index in [1.54, 1.807) is 0 Å². The highest BCUT2D eigenvalue weighted by Crippen LogP contribution is 2.31. The second kappa shape index (κ2) is 19.6. The van der Waals surface area contributed by atoms with Crippen LogP contribution in [0.4, 0.5) is 4.79 Å². The Kier molecular flexibility index (Phi) is 16.6. The number of carbonyl (C=O) groups is 3. The standard InChI is InChI=1S/C21H31NO4.C13H25NO2/c1-4-25-20(23)14-17-10-12-19(13-11-17)22(16(2)3)21(24)26-15-18-8-6-5-7-9-18;1-4-16-13(15)9-11-5-7-12(8-6-11)14-10(2)3/h5-9,16-17,19H,4,10-15H2,1-3H3;10-12,14H,4-9H2,1-3H3. The smallest absolute Gasteiger partial charge is 0.410 e. The molecule has 3 rings (SSSR count). The van der Waals surface area contributed by atoms with Crippen molar-refractivity contribution in [1.82, 2.24) is 10.2 Å². The lowest BCUT2D eigenvalue weighted by Crippen LogP contribution is -2.46. The number of amides is 1. The van der Waals surface area contributed by atoms with Crippen LogP contribution in [0.15, 0.2) is 30.3 Å². The van der Waals surface area contributed by atoms with Crippen molar-refractivity contribution in [3.05, 3.63) is 35.9 Å². The molecule has 0 radical (unpaired) electrons. The minimum atomic E-state index is -0.252. The summed E-state index contributed by atoms with van der Waals surface area (Å²) >= 11 is 0. The van der Waals surface area contributed by atoms with E-state index in [1.165, 1.54) is 12.8 Å². The second-order valence-corrected chi connectivity index (χ2v) is 12.3. The SMILES string of the molecule is CCOC(=O)CC1CCC(N(C(=O)OCc2ccccc2)C(C)C)CC1.CCOC(=O)CC1CCC(NC(C)C)CC1. The van der Waals surface area contributed by atoms with Gasteiger partial charge in [0.2, 0.25) is 0 Å². The van der Waals surface area contributed by atoms with Crippen molar-refractivity contribution in [2.24, 2.45) is 11.8 Å². The zero-order valence-corrected chi connectivity index (χ0v) is 26.9. The summed E-state index contributed by atoms with van der Waals surface area (Å²) in [6, 6.07) is 11.2. The number of benzene rings is 1. The van der Waals surface area contributed by atoms with Crippen molar-refractivity contribution >= 4 is 18.0 Å². The van der Waals surface area contributed by atoms with Crippen LogP contribution >= 0.6 is 0 Å². The lowest BCUT2D eigenvalue weighted by atomic mass is 9.83. The molecule has 1 aromatic rings. The predicted octanol–water partition coefficient (Wildman–Crippen LogP) is 7.04. The summed E-state index contributed by atoms with van der Waals surface area (Å²) in [6.45, 7) is 13.3. The number of nitrogens with one attached hydrogen (secondary N) is 1. The van der Waals surface area contributed by atoms with Crippen LogP contribution in [0.1, 0.15) is 111 Å². The number of rotatable bonds is 12. The maximum absolute atomic E-state index is 12.6. The van der Waals surface area contributed by atoms with Crippen LogP contribution in [0.5, 0.6) is 0 Å². The van der Waals surface area contributed by atoms with Crippen molar-refractivity contribution in [3.8, 4) is 0 Å². The molecule has 0 bridgehead atoms. The average Bonchev–Trinajstić information content (AvgIpc) is 2.95. The Bertz CT molecular complexity index is 906. The highest BCUT2D eigenvalue weighted by molar-refractivity contribution is 5.70. The Morgan fingerprint density at radius 1 is 0.762 bits per heavy atom. The van der Waals surface area contributed by atoms with Crippen LogP contribution in [0.2, 0.25) is 0 Å². The summed E-state index contributed by atoms with van der Waals surface area (Å²) < 4.78 is 15.6. The third-order valence-electron chi connectivity index (χ3n) is 8.12. The topological polar surface area (TPSA) is 94.2 Å². The highest BCUT2D eigenvalue weighted by atomic mass is 16.6. The van der Waals surface area contributed by atoms with Gasteiger partial charge in [-0.05, 0) is 96.5 Å². The molecule has 8 heteroatoms. The molecule has 2 saturated carbocycles. The molecule has 1 amide bonds. The fourth-order valence-corrected chi connectivity index (χ4v) is 6.12. The Hall–Kier alpha value is -2.61. The van der Waals surface area contributed by atoms with Gasteiger partial charge in [0.25, 0.3) is 0 Å². The van der Waals surface area contributed by atoms with Crippen LogP contribution in [0.3, 0.4) is 0 Å². The number of carbonyl (C=O) groups excluding carboxylic acids is 3. The normalized spacial score (nSPS) is 22.1. The van der Waals surface area contributed by atoms with E-state index in [-0.39, 0.29) is 30.1 Å². The third-order valence-corrected chi connectivity index (χ3v) is 8.12. The van der Waals surface area contributed by atoms with E-state index in [9.17, 15) is 14.4 Å². The molecule has 0 spiro atoms. The number of hydrogen-bond acceptors (Lipinski definition) is 7. The van der Waals surface area contributed by atoms with E-state index in [1.807, 2.05) is 62.9 Å². The zero-order chi connectivity index (χ0) is 30.9. The molecule has 2 aliphatic rings. The summed E-state index contributed by atoms with van der Waals surface area (Å²) in [5, 5.41) is 3.56. The van der Waals surface area contributed by atoms with Gasteiger partial charge in [-0.25, -0.2) is 4.79 Å². The van der Waals surface area contributed by atoms with Gasteiger partial charge < -0.3 is 24.4 Å². The Labute approximate surface area is 254 Å². The Morgan fingerprint density at radius 3 is 1.71 bits per heavy atom. The zero-order valence-electron chi connectivity index (χ0n) is 26.9. The van der Waals surface area contributed by atoms with Gasteiger partial charge in [-0.3, -0.25) is 9.59 Å². The molecule has 42 heavy (non-hydrogen) atoms. The molecule has 0 heterocycles. The van der Waals surface area contributed by atoms with E-state index in [4.69, 9.17) is 14.2 Å². The molecule has 0 aliphatic heterocycles. The largest absolute Gasteiger partial charge is 0.466 e. The van der Waals surface area contributed by atoms with Crippen LogP contribution in [0.25, 0.3) is 0 Å². The van der Waals surface area contributed by atoms with E-state index in [2.05, 4.69) is 19.2 Å². The van der Waals surface area contributed by atoms with Crippen LogP contribution in [-0.4, -0.2) is 60.3 Å². The minimum absolute atomic E-state index is 0.0252. The monoisotopic (exact) mass is 588 g/mol. The molecule has 0 atom stereocenters. The lowest BCUT2D eigenvalue weighted by Gasteiger charge is -2.38. The number of hydrogen-bond donors (Lipinski definition) is 1. The molecular formula is C34H56N2O6. The molecule has 2 fully saturated rings. The van der Waals surface area contributed by atoms with Crippen LogP contribution < -0.4 is 5.32 Å². The first-order valence-electron chi connectivity index (χ1n) is 16.2. The van der Waals surface area contributed by atoms with Gasteiger partial charge in [-0.1, -0.05) is 44.2 Å². The fraction of sp³-hybridized carbons (Fsp3) is 0.735. The van der Waals surface area contributed by atoms with Crippen molar-refractivity contribution in [2.75, 3.05) is 13.2 Å². The summed E-state index contributed by atoms with van der Waals surface area (Å²) in [4.78, 5) is 37.5. The van der Waals surface area contributed by atoms with Gasteiger partial charge in [0.15, 0.2) is 0 Å². The fourth-order valence-electron chi connectivity index (χ4n) is 6.12. The first-order valence-corrected chi connectivity index (χ1v) is 16.2.